The Balaban J connectivity index is 1.05. The van der Waals surface area contributed by atoms with E-state index < -0.39 is 0 Å². The molecule has 2 aliphatic carbocycles. The molecule has 0 spiro atoms. The van der Waals surface area contributed by atoms with Crippen LogP contribution in [0.15, 0.2) is 212 Å². The lowest BCUT2D eigenvalue weighted by Crippen LogP contribution is -2.15. The maximum Gasteiger partial charge on any atom is 0.0717 e. The molecule has 0 saturated carbocycles. The van der Waals surface area contributed by atoms with Crippen LogP contribution in [0.1, 0.15) is 49.9 Å². The quantitative estimate of drug-likeness (QED) is 0.169. The highest BCUT2D eigenvalue weighted by Gasteiger charge is 2.37. The van der Waals surface area contributed by atoms with E-state index in [0.717, 1.165) is 39.5 Å². The summed E-state index contributed by atoms with van der Waals surface area (Å²) in [6.07, 6.45) is 0. The van der Waals surface area contributed by atoms with E-state index in [4.69, 9.17) is 4.98 Å². The van der Waals surface area contributed by atoms with Crippen molar-refractivity contribution in [2.75, 3.05) is 0 Å². The molecule has 3 heterocycles. The molecule has 3 heteroatoms. The molecule has 2 aliphatic rings. The summed E-state index contributed by atoms with van der Waals surface area (Å²) in [7, 11) is 0. The van der Waals surface area contributed by atoms with Gasteiger partial charge in [0.15, 0.2) is 0 Å². The minimum absolute atomic E-state index is 0.130. The zero-order chi connectivity index (χ0) is 45.5. The van der Waals surface area contributed by atoms with Crippen molar-refractivity contribution >= 4 is 43.6 Å². The molecular formula is C65H47N3. The van der Waals surface area contributed by atoms with Gasteiger partial charge in [-0.05, 0) is 122 Å². The Labute approximate surface area is 396 Å². The van der Waals surface area contributed by atoms with Gasteiger partial charge in [-0.3, -0.25) is 0 Å². The lowest BCUT2D eigenvalue weighted by atomic mass is 9.81. The van der Waals surface area contributed by atoms with Gasteiger partial charge >= 0.3 is 0 Å². The number of hydrogen-bond acceptors (Lipinski definition) is 1. The molecule has 0 atom stereocenters. The third kappa shape index (κ3) is 5.50. The highest BCUT2D eigenvalue weighted by molar-refractivity contribution is 6.11. The summed E-state index contributed by atoms with van der Waals surface area (Å²) < 4.78 is 4.88. The Morgan fingerprint density at radius 3 is 1.13 bits per heavy atom. The van der Waals surface area contributed by atoms with Gasteiger partial charge in [0.2, 0.25) is 0 Å². The smallest absolute Gasteiger partial charge is 0.0717 e. The van der Waals surface area contributed by atoms with E-state index in [0.29, 0.717) is 0 Å². The summed E-state index contributed by atoms with van der Waals surface area (Å²) in [5, 5.41) is 4.94. The summed E-state index contributed by atoms with van der Waals surface area (Å²) >= 11 is 0. The summed E-state index contributed by atoms with van der Waals surface area (Å²) in [6, 6.07) is 78.8. The third-order valence-corrected chi connectivity index (χ3v) is 15.5. The SMILES string of the molecule is CC1(C)c2ccccc2-c2ccc(-c3cc(-c4cc(-n5c6ccccc6c6ccccc65)cc(-n5c6ccccc6c6ccccc65)c4)nc(-c4ccc5c(c4)C(C)(C)c4ccccc4-5)c3)cc21. The van der Waals surface area contributed by atoms with Crippen LogP contribution in [0.2, 0.25) is 0 Å². The average molecular weight is 870 g/mol. The second-order valence-electron chi connectivity index (χ2n) is 20.0. The molecule has 0 radical (unpaired) electrons. The number of nitrogens with zero attached hydrogens (tertiary/aromatic N) is 3. The van der Waals surface area contributed by atoms with Crippen molar-refractivity contribution in [3.05, 3.63) is 235 Å². The maximum absolute atomic E-state index is 5.73. The van der Waals surface area contributed by atoms with Gasteiger partial charge in [0.25, 0.3) is 0 Å². The van der Waals surface area contributed by atoms with Gasteiger partial charge in [0.05, 0.1) is 33.5 Å². The van der Waals surface area contributed by atoms with Crippen molar-refractivity contribution < 1.29 is 0 Å². The van der Waals surface area contributed by atoms with Gasteiger partial charge in [-0.15, -0.1) is 0 Å². The van der Waals surface area contributed by atoms with Gasteiger partial charge in [0.1, 0.15) is 0 Å². The molecule has 322 valence electrons. The molecule has 0 amide bonds. The lowest BCUT2D eigenvalue weighted by molar-refractivity contribution is 0.660. The molecule has 0 bridgehead atoms. The van der Waals surface area contributed by atoms with E-state index in [2.05, 4.69) is 249 Å². The normalized spacial score (nSPS) is 14.1. The summed E-state index contributed by atoms with van der Waals surface area (Å²) in [6.45, 7) is 9.45. The van der Waals surface area contributed by atoms with Gasteiger partial charge in [-0.2, -0.15) is 0 Å². The molecule has 0 aliphatic heterocycles. The van der Waals surface area contributed by atoms with E-state index in [1.165, 1.54) is 93.7 Å². The first-order valence-corrected chi connectivity index (χ1v) is 23.9. The zero-order valence-corrected chi connectivity index (χ0v) is 38.5. The van der Waals surface area contributed by atoms with Crippen LogP contribution in [0, 0.1) is 0 Å². The fourth-order valence-electron chi connectivity index (χ4n) is 12.1. The first kappa shape index (κ1) is 38.9. The number of fused-ring (bicyclic) bond motifs is 12. The van der Waals surface area contributed by atoms with Crippen LogP contribution >= 0.6 is 0 Å². The van der Waals surface area contributed by atoms with Crippen LogP contribution in [0.4, 0.5) is 0 Å². The van der Waals surface area contributed by atoms with Crippen LogP contribution in [0.25, 0.3) is 111 Å². The highest BCUT2D eigenvalue weighted by Crippen LogP contribution is 2.52. The second kappa shape index (κ2) is 14.1. The fourth-order valence-corrected chi connectivity index (χ4v) is 12.1. The zero-order valence-electron chi connectivity index (χ0n) is 38.5. The van der Waals surface area contributed by atoms with E-state index in [1.54, 1.807) is 0 Å². The predicted molar refractivity (Wildman–Crippen MR) is 284 cm³/mol. The molecular weight excluding hydrogens is 823 g/mol. The largest absolute Gasteiger partial charge is 0.309 e. The van der Waals surface area contributed by atoms with Crippen molar-refractivity contribution in [2.24, 2.45) is 0 Å². The molecule has 68 heavy (non-hydrogen) atoms. The van der Waals surface area contributed by atoms with Crippen molar-refractivity contribution in [1.82, 2.24) is 14.1 Å². The van der Waals surface area contributed by atoms with Gasteiger partial charge < -0.3 is 9.13 Å². The Bertz CT molecular complexity index is 3730. The molecule has 3 nitrogen and oxygen atoms in total. The molecule has 3 aromatic heterocycles. The number of para-hydroxylation sites is 4. The topological polar surface area (TPSA) is 22.8 Å². The van der Waals surface area contributed by atoms with Crippen LogP contribution in [0.5, 0.6) is 0 Å². The lowest BCUT2D eigenvalue weighted by Gasteiger charge is -2.22. The van der Waals surface area contributed by atoms with Crippen molar-refractivity contribution in [1.29, 1.82) is 0 Å². The van der Waals surface area contributed by atoms with Crippen LogP contribution in [-0.4, -0.2) is 14.1 Å². The number of hydrogen-bond donors (Lipinski definition) is 0. The standard InChI is InChI=1S/C65H47N3/c1-64(2)54-23-11-5-17-46(54)48-31-29-40(35-56(48)64)42-37-58(41-30-32-49-47-18-6-12-24-55(47)65(3,4)57(49)36-41)66-59(38-42)43-33-44(67-60-25-13-7-19-50(60)51-20-8-14-26-61(51)67)39-45(34-43)68-62-27-15-9-21-52(62)53-22-10-16-28-63(53)68/h5-39H,1-4H3. The minimum atomic E-state index is -0.142. The van der Waals surface area contributed by atoms with Gasteiger partial charge in [-0.1, -0.05) is 173 Å². The molecule has 9 aromatic carbocycles. The summed E-state index contributed by atoms with van der Waals surface area (Å²) in [4.78, 5) is 5.73. The number of rotatable bonds is 5. The highest BCUT2D eigenvalue weighted by atomic mass is 15.0. The summed E-state index contributed by atoms with van der Waals surface area (Å²) in [5.41, 5.74) is 23.7. The van der Waals surface area contributed by atoms with Crippen molar-refractivity contribution in [2.45, 2.75) is 38.5 Å². The van der Waals surface area contributed by atoms with E-state index >= 15 is 0 Å². The maximum atomic E-state index is 5.73. The third-order valence-electron chi connectivity index (χ3n) is 15.5. The van der Waals surface area contributed by atoms with Crippen molar-refractivity contribution in [3.8, 4) is 67.3 Å². The minimum Gasteiger partial charge on any atom is -0.309 e. The van der Waals surface area contributed by atoms with Crippen molar-refractivity contribution in [3.63, 3.8) is 0 Å². The van der Waals surface area contributed by atoms with Crippen LogP contribution in [-0.2, 0) is 10.8 Å². The molecule has 0 unspecified atom stereocenters. The first-order valence-electron chi connectivity index (χ1n) is 23.9. The predicted octanol–water partition coefficient (Wildman–Crippen LogP) is 16.9. The first-order chi connectivity index (χ1) is 33.2. The molecule has 0 saturated heterocycles. The number of pyridine rings is 1. The monoisotopic (exact) mass is 869 g/mol. The molecule has 0 N–H and O–H groups in total. The summed E-state index contributed by atoms with van der Waals surface area (Å²) in [5.74, 6) is 0. The van der Waals surface area contributed by atoms with Gasteiger partial charge in [-0.25, -0.2) is 4.98 Å². The van der Waals surface area contributed by atoms with Crippen LogP contribution in [0.3, 0.4) is 0 Å². The van der Waals surface area contributed by atoms with Crippen LogP contribution < -0.4 is 0 Å². The van der Waals surface area contributed by atoms with E-state index in [1.807, 2.05) is 0 Å². The molecule has 0 fully saturated rings. The number of benzene rings is 9. The van der Waals surface area contributed by atoms with E-state index in [-0.39, 0.29) is 10.8 Å². The number of aromatic nitrogens is 3. The Morgan fingerprint density at radius 1 is 0.294 bits per heavy atom. The van der Waals surface area contributed by atoms with Gasteiger partial charge in [0, 0.05) is 54.9 Å². The van der Waals surface area contributed by atoms with E-state index in [9.17, 15) is 0 Å². The molecule has 14 rings (SSSR count). The fraction of sp³-hybridized carbons (Fsp3) is 0.0923. The average Bonchev–Trinajstić information content (AvgIpc) is 4.05. The Kier molecular flexibility index (Phi) is 8.09. The Hall–Kier alpha value is -8.27. The second-order valence-corrected chi connectivity index (χ2v) is 20.0. The molecule has 12 aromatic rings. The Morgan fingerprint density at radius 2 is 0.662 bits per heavy atom.